The number of benzene rings is 2. The summed E-state index contributed by atoms with van der Waals surface area (Å²) in [5.74, 6) is 1.65. The maximum absolute atomic E-state index is 12.1. The Kier molecular flexibility index (Phi) is 4.28. The summed E-state index contributed by atoms with van der Waals surface area (Å²) >= 11 is 0. The van der Waals surface area contributed by atoms with Crippen molar-refractivity contribution in [2.45, 2.75) is 19.8 Å². The zero-order valence-corrected chi connectivity index (χ0v) is 13.2. The van der Waals surface area contributed by atoms with Crippen molar-refractivity contribution in [1.82, 2.24) is 9.97 Å². The Morgan fingerprint density at radius 3 is 2.91 bits per heavy atom. The highest BCUT2D eigenvalue weighted by Crippen LogP contribution is 2.20. The molecule has 5 nitrogen and oxygen atoms in total. The summed E-state index contributed by atoms with van der Waals surface area (Å²) in [5.41, 5.74) is 3.62. The van der Waals surface area contributed by atoms with Gasteiger partial charge in [0.25, 0.3) is 0 Å². The summed E-state index contributed by atoms with van der Waals surface area (Å²) in [6.07, 6.45) is 1.04. The third-order valence-corrected chi connectivity index (χ3v) is 3.70. The number of aromatic nitrogens is 2. The van der Waals surface area contributed by atoms with Crippen LogP contribution in [0.2, 0.25) is 0 Å². The number of para-hydroxylation sites is 1. The Bertz CT molecular complexity index is 839. The Morgan fingerprint density at radius 2 is 2.09 bits per heavy atom. The molecule has 0 radical (unpaired) electrons. The second-order valence-electron chi connectivity index (χ2n) is 5.41. The second-order valence-corrected chi connectivity index (χ2v) is 5.41. The largest absolute Gasteiger partial charge is 0.496 e. The van der Waals surface area contributed by atoms with Gasteiger partial charge >= 0.3 is 0 Å². The lowest BCUT2D eigenvalue weighted by Gasteiger charge is -2.08. The molecule has 0 saturated heterocycles. The number of aromatic amines is 1. The van der Waals surface area contributed by atoms with Gasteiger partial charge in [-0.25, -0.2) is 4.98 Å². The monoisotopic (exact) mass is 309 g/mol. The van der Waals surface area contributed by atoms with Crippen molar-refractivity contribution in [3.63, 3.8) is 0 Å². The molecule has 2 N–H and O–H groups in total. The maximum atomic E-state index is 12.1. The van der Waals surface area contributed by atoms with Crippen LogP contribution in [-0.2, 0) is 11.2 Å². The van der Waals surface area contributed by atoms with Crippen LogP contribution >= 0.6 is 0 Å². The van der Waals surface area contributed by atoms with Crippen molar-refractivity contribution in [1.29, 1.82) is 0 Å². The van der Waals surface area contributed by atoms with E-state index in [1.807, 2.05) is 49.4 Å². The van der Waals surface area contributed by atoms with Crippen LogP contribution in [0.25, 0.3) is 11.0 Å². The van der Waals surface area contributed by atoms with Gasteiger partial charge in [0.2, 0.25) is 5.91 Å². The number of amides is 1. The van der Waals surface area contributed by atoms with Crippen molar-refractivity contribution in [2.75, 3.05) is 12.4 Å². The zero-order valence-electron chi connectivity index (χ0n) is 13.2. The number of hydrogen-bond donors (Lipinski definition) is 2. The van der Waals surface area contributed by atoms with Crippen LogP contribution < -0.4 is 10.1 Å². The smallest absolute Gasteiger partial charge is 0.224 e. The lowest BCUT2D eigenvalue weighted by Crippen LogP contribution is -2.12. The zero-order chi connectivity index (χ0) is 16.2. The predicted molar refractivity (Wildman–Crippen MR) is 90.8 cm³/mol. The number of nitrogens with zero attached hydrogens (tertiary/aromatic N) is 1. The number of H-pyrrole nitrogens is 1. The molecule has 0 spiro atoms. The summed E-state index contributed by atoms with van der Waals surface area (Å²) in [5, 5.41) is 2.92. The summed E-state index contributed by atoms with van der Waals surface area (Å²) in [7, 11) is 1.64. The molecule has 2 aromatic carbocycles. The molecule has 1 aromatic heterocycles. The van der Waals surface area contributed by atoms with Crippen molar-refractivity contribution < 1.29 is 9.53 Å². The highest BCUT2D eigenvalue weighted by atomic mass is 16.5. The molecule has 23 heavy (non-hydrogen) atoms. The van der Waals surface area contributed by atoms with Gasteiger partial charge in [-0.3, -0.25) is 4.79 Å². The van der Waals surface area contributed by atoms with E-state index in [-0.39, 0.29) is 5.91 Å². The fourth-order valence-electron chi connectivity index (χ4n) is 2.60. The van der Waals surface area contributed by atoms with Crippen molar-refractivity contribution >= 4 is 22.6 Å². The lowest BCUT2D eigenvalue weighted by atomic mass is 10.1. The molecule has 1 amide bonds. The summed E-state index contributed by atoms with van der Waals surface area (Å²) in [6, 6.07) is 13.4. The van der Waals surface area contributed by atoms with Crippen LogP contribution in [0.3, 0.4) is 0 Å². The van der Waals surface area contributed by atoms with Gasteiger partial charge in [0.15, 0.2) is 0 Å². The van der Waals surface area contributed by atoms with Gasteiger partial charge in [0.05, 0.1) is 18.1 Å². The SMILES string of the molecule is COc1ccccc1CCC(=O)Nc1ccc2nc(C)[nH]c2c1. The van der Waals surface area contributed by atoms with Crippen LogP contribution in [0.15, 0.2) is 42.5 Å². The van der Waals surface area contributed by atoms with E-state index in [1.165, 1.54) is 0 Å². The van der Waals surface area contributed by atoms with Gasteiger partial charge < -0.3 is 15.0 Å². The molecule has 0 aliphatic rings. The number of ether oxygens (including phenoxy) is 1. The van der Waals surface area contributed by atoms with E-state index in [2.05, 4.69) is 15.3 Å². The molecule has 0 unspecified atom stereocenters. The van der Waals surface area contributed by atoms with E-state index >= 15 is 0 Å². The third-order valence-electron chi connectivity index (χ3n) is 3.70. The van der Waals surface area contributed by atoms with Crippen LogP contribution in [0, 0.1) is 6.92 Å². The van der Waals surface area contributed by atoms with Gasteiger partial charge in [0.1, 0.15) is 11.6 Å². The molecule has 118 valence electrons. The van der Waals surface area contributed by atoms with Gasteiger partial charge in [-0.05, 0) is 43.2 Å². The van der Waals surface area contributed by atoms with E-state index in [9.17, 15) is 4.79 Å². The molecule has 0 bridgehead atoms. The van der Waals surface area contributed by atoms with Crippen molar-refractivity contribution in [3.8, 4) is 5.75 Å². The minimum Gasteiger partial charge on any atom is -0.496 e. The number of nitrogens with one attached hydrogen (secondary N) is 2. The second kappa shape index (κ2) is 6.52. The number of imidazole rings is 1. The van der Waals surface area contributed by atoms with Crippen LogP contribution in [0.1, 0.15) is 17.8 Å². The standard InChI is InChI=1S/C18H19N3O2/c1-12-19-15-9-8-14(11-16(15)20-12)21-18(22)10-7-13-5-3-4-6-17(13)23-2/h3-6,8-9,11H,7,10H2,1-2H3,(H,19,20)(H,21,22). The first-order chi connectivity index (χ1) is 11.2. The van der Waals surface area contributed by atoms with E-state index in [0.717, 1.165) is 33.9 Å². The summed E-state index contributed by atoms with van der Waals surface area (Å²) < 4.78 is 5.30. The fourth-order valence-corrected chi connectivity index (χ4v) is 2.60. The van der Waals surface area contributed by atoms with E-state index in [1.54, 1.807) is 7.11 Å². The first-order valence-corrected chi connectivity index (χ1v) is 7.54. The van der Waals surface area contributed by atoms with Gasteiger partial charge in [0, 0.05) is 12.1 Å². The average molecular weight is 309 g/mol. The van der Waals surface area contributed by atoms with Crippen LogP contribution in [-0.4, -0.2) is 23.0 Å². The molecule has 3 rings (SSSR count). The predicted octanol–water partition coefficient (Wildman–Crippen LogP) is 3.45. The van der Waals surface area contributed by atoms with E-state index in [0.29, 0.717) is 12.8 Å². The van der Waals surface area contributed by atoms with Crippen LogP contribution in [0.5, 0.6) is 5.75 Å². The third kappa shape index (κ3) is 3.51. The van der Waals surface area contributed by atoms with Crippen molar-refractivity contribution in [3.05, 3.63) is 53.9 Å². The summed E-state index contributed by atoms with van der Waals surface area (Å²) in [4.78, 5) is 19.7. The Balaban J connectivity index is 1.64. The molecule has 0 fully saturated rings. The number of fused-ring (bicyclic) bond motifs is 1. The quantitative estimate of drug-likeness (QED) is 0.758. The molecule has 5 heteroatoms. The average Bonchev–Trinajstić information content (AvgIpc) is 2.92. The molecule has 0 saturated carbocycles. The van der Waals surface area contributed by atoms with E-state index in [4.69, 9.17) is 4.74 Å². The first-order valence-electron chi connectivity index (χ1n) is 7.54. The molecule has 0 aliphatic heterocycles. The number of carbonyl (C=O) groups excluding carboxylic acids is 1. The number of aryl methyl sites for hydroxylation is 2. The molecular weight excluding hydrogens is 290 g/mol. The Morgan fingerprint density at radius 1 is 1.26 bits per heavy atom. The van der Waals surface area contributed by atoms with Gasteiger partial charge in [-0.2, -0.15) is 0 Å². The number of rotatable bonds is 5. The molecule has 0 atom stereocenters. The fraction of sp³-hybridized carbons (Fsp3) is 0.222. The van der Waals surface area contributed by atoms with Gasteiger partial charge in [-0.1, -0.05) is 18.2 Å². The minimum absolute atomic E-state index is 0.0218. The molecule has 1 heterocycles. The number of carbonyl (C=O) groups is 1. The summed E-state index contributed by atoms with van der Waals surface area (Å²) in [6.45, 7) is 1.91. The molecule has 0 aliphatic carbocycles. The lowest BCUT2D eigenvalue weighted by molar-refractivity contribution is -0.116. The first kappa shape index (κ1) is 15.1. The molecular formula is C18H19N3O2. The van der Waals surface area contributed by atoms with Crippen molar-refractivity contribution in [2.24, 2.45) is 0 Å². The van der Waals surface area contributed by atoms with E-state index < -0.39 is 0 Å². The maximum Gasteiger partial charge on any atom is 0.224 e. The molecule has 3 aromatic rings. The topological polar surface area (TPSA) is 67.0 Å². The number of methoxy groups -OCH3 is 1. The minimum atomic E-state index is -0.0218. The van der Waals surface area contributed by atoms with Gasteiger partial charge in [-0.15, -0.1) is 0 Å². The normalized spacial score (nSPS) is 10.7. The highest BCUT2D eigenvalue weighted by molar-refractivity contribution is 5.93. The Hall–Kier alpha value is -2.82. The number of anilines is 1. The highest BCUT2D eigenvalue weighted by Gasteiger charge is 2.08. The number of hydrogen-bond acceptors (Lipinski definition) is 3. The Labute approximate surface area is 134 Å². The van der Waals surface area contributed by atoms with Crippen LogP contribution in [0.4, 0.5) is 5.69 Å².